The molecule has 0 aliphatic rings. The molecular weight excluding hydrogens is 236 g/mol. The van der Waals surface area contributed by atoms with Crippen molar-refractivity contribution >= 4 is 17.7 Å². The molecule has 0 saturated heterocycles. The number of aromatic nitrogens is 2. The maximum absolute atomic E-state index is 11.8. The van der Waals surface area contributed by atoms with Crippen molar-refractivity contribution in [2.24, 2.45) is 5.92 Å². The molecule has 7 heteroatoms. The predicted molar refractivity (Wildman–Crippen MR) is 64.8 cm³/mol. The Balaban J connectivity index is 2.86. The van der Waals surface area contributed by atoms with Crippen LogP contribution in [0.4, 0.5) is 5.82 Å². The fraction of sp³-hybridized carbons (Fsp3) is 0.455. The number of amides is 1. The summed E-state index contributed by atoms with van der Waals surface area (Å²) in [6, 6.07) is -0.969. The molecule has 0 radical (unpaired) electrons. The van der Waals surface area contributed by atoms with E-state index in [9.17, 15) is 9.59 Å². The number of hydrogen-bond donors (Lipinski definition) is 3. The number of rotatable bonds is 5. The van der Waals surface area contributed by atoms with Gasteiger partial charge in [-0.15, -0.1) is 0 Å². The number of nitrogens with one attached hydrogen (secondary N) is 1. The minimum Gasteiger partial charge on any atom is -0.480 e. The molecular formula is C11H16N4O3. The van der Waals surface area contributed by atoms with Crippen LogP contribution >= 0.6 is 0 Å². The third kappa shape index (κ3) is 3.16. The second-order valence-electron chi connectivity index (χ2n) is 3.97. The van der Waals surface area contributed by atoms with Gasteiger partial charge in [-0.2, -0.15) is 0 Å². The quantitative estimate of drug-likeness (QED) is 0.693. The number of carboxylic acids is 1. The molecule has 1 heterocycles. The summed E-state index contributed by atoms with van der Waals surface area (Å²) >= 11 is 0. The summed E-state index contributed by atoms with van der Waals surface area (Å²) in [4.78, 5) is 30.4. The fourth-order valence-corrected chi connectivity index (χ4v) is 1.42. The molecule has 0 bridgehead atoms. The Morgan fingerprint density at radius 2 is 2.06 bits per heavy atom. The van der Waals surface area contributed by atoms with Crippen LogP contribution in [0.5, 0.6) is 0 Å². The highest BCUT2D eigenvalue weighted by Crippen LogP contribution is 2.10. The lowest BCUT2D eigenvalue weighted by molar-refractivity contribution is -0.140. The zero-order chi connectivity index (χ0) is 13.7. The Morgan fingerprint density at radius 3 is 2.56 bits per heavy atom. The normalized spacial score (nSPS) is 13.7. The van der Waals surface area contributed by atoms with Gasteiger partial charge in [0.25, 0.3) is 5.91 Å². The van der Waals surface area contributed by atoms with Gasteiger partial charge in [-0.3, -0.25) is 4.79 Å². The summed E-state index contributed by atoms with van der Waals surface area (Å²) in [7, 11) is 0. The highest BCUT2D eigenvalue weighted by molar-refractivity contribution is 5.98. The van der Waals surface area contributed by atoms with Gasteiger partial charge in [0, 0.05) is 12.4 Å². The van der Waals surface area contributed by atoms with Crippen molar-refractivity contribution in [2.45, 2.75) is 26.3 Å². The number of carboxylic acid groups (broad SMARTS) is 1. The van der Waals surface area contributed by atoms with Crippen LogP contribution in [0.3, 0.4) is 0 Å². The molecule has 1 amide bonds. The van der Waals surface area contributed by atoms with Crippen molar-refractivity contribution in [1.29, 1.82) is 0 Å². The maximum atomic E-state index is 11.8. The van der Waals surface area contributed by atoms with Crippen molar-refractivity contribution in [2.75, 3.05) is 5.73 Å². The lowest BCUT2D eigenvalue weighted by Crippen LogP contribution is -2.45. The minimum absolute atomic E-state index is 0.0247. The zero-order valence-electron chi connectivity index (χ0n) is 10.3. The molecule has 2 unspecified atom stereocenters. The lowest BCUT2D eigenvalue weighted by atomic mass is 9.99. The molecule has 0 spiro atoms. The largest absolute Gasteiger partial charge is 0.480 e. The van der Waals surface area contributed by atoms with Crippen molar-refractivity contribution < 1.29 is 14.7 Å². The molecule has 0 aromatic carbocycles. The van der Waals surface area contributed by atoms with E-state index < -0.39 is 17.9 Å². The van der Waals surface area contributed by atoms with Gasteiger partial charge in [-0.05, 0) is 5.92 Å². The van der Waals surface area contributed by atoms with Crippen molar-refractivity contribution in [1.82, 2.24) is 15.3 Å². The summed E-state index contributed by atoms with van der Waals surface area (Å²) in [6.45, 7) is 3.60. The number of anilines is 1. The van der Waals surface area contributed by atoms with Gasteiger partial charge in [-0.1, -0.05) is 20.3 Å². The van der Waals surface area contributed by atoms with Gasteiger partial charge in [0.05, 0.1) is 0 Å². The van der Waals surface area contributed by atoms with Crippen LogP contribution in [0.2, 0.25) is 0 Å². The topological polar surface area (TPSA) is 118 Å². The van der Waals surface area contributed by atoms with Crippen molar-refractivity contribution in [3.63, 3.8) is 0 Å². The molecule has 0 saturated carbocycles. The third-order valence-corrected chi connectivity index (χ3v) is 2.71. The molecule has 1 rings (SSSR count). The first kappa shape index (κ1) is 13.9. The van der Waals surface area contributed by atoms with Gasteiger partial charge in [0.1, 0.15) is 6.04 Å². The SMILES string of the molecule is CCC(C)C(NC(=O)c1nccnc1N)C(=O)O. The van der Waals surface area contributed by atoms with E-state index in [4.69, 9.17) is 10.8 Å². The monoisotopic (exact) mass is 252 g/mol. The first-order chi connectivity index (χ1) is 8.47. The van der Waals surface area contributed by atoms with E-state index in [0.717, 1.165) is 0 Å². The molecule has 1 aromatic heterocycles. The maximum Gasteiger partial charge on any atom is 0.326 e. The first-order valence-corrected chi connectivity index (χ1v) is 5.57. The standard InChI is InChI=1S/C11H16N4O3/c1-3-6(2)7(11(17)18)15-10(16)8-9(12)14-5-4-13-8/h4-7H,3H2,1-2H3,(H2,12,14)(H,15,16)(H,17,18). The molecule has 0 fully saturated rings. The Hall–Kier alpha value is -2.18. The molecule has 1 aromatic rings. The fourth-order valence-electron chi connectivity index (χ4n) is 1.42. The third-order valence-electron chi connectivity index (χ3n) is 2.71. The predicted octanol–water partition coefficient (Wildman–Crippen LogP) is 0.288. The average molecular weight is 252 g/mol. The summed E-state index contributed by atoms with van der Waals surface area (Å²) in [5.74, 6) is -1.93. The van der Waals surface area contributed by atoms with E-state index in [2.05, 4.69) is 15.3 Å². The van der Waals surface area contributed by atoms with Crippen LogP contribution in [-0.4, -0.2) is 33.0 Å². The molecule has 0 aliphatic carbocycles. The smallest absolute Gasteiger partial charge is 0.326 e. The van der Waals surface area contributed by atoms with E-state index in [1.807, 2.05) is 6.92 Å². The Morgan fingerprint density at radius 1 is 1.44 bits per heavy atom. The minimum atomic E-state index is -1.08. The number of nitrogen functional groups attached to an aromatic ring is 1. The van der Waals surface area contributed by atoms with Gasteiger partial charge in [-0.25, -0.2) is 14.8 Å². The molecule has 4 N–H and O–H groups in total. The average Bonchev–Trinajstić information content (AvgIpc) is 2.35. The zero-order valence-corrected chi connectivity index (χ0v) is 10.3. The summed E-state index contributed by atoms with van der Waals surface area (Å²) in [5.41, 5.74) is 5.44. The van der Waals surface area contributed by atoms with Crippen LogP contribution in [-0.2, 0) is 4.79 Å². The number of nitrogens with two attached hydrogens (primary N) is 1. The van der Waals surface area contributed by atoms with Gasteiger partial charge in [0.15, 0.2) is 11.5 Å². The molecule has 0 aliphatic heterocycles. The van der Waals surface area contributed by atoms with Crippen LogP contribution < -0.4 is 11.1 Å². The van der Waals surface area contributed by atoms with Crippen molar-refractivity contribution in [3.8, 4) is 0 Å². The van der Waals surface area contributed by atoms with Crippen LogP contribution in [0.25, 0.3) is 0 Å². The number of nitrogens with zero attached hydrogens (tertiary/aromatic N) is 2. The number of carbonyl (C=O) groups is 2. The Labute approximate surface area is 104 Å². The molecule has 2 atom stereocenters. The Kier molecular flexibility index (Phi) is 4.59. The van der Waals surface area contributed by atoms with Gasteiger partial charge >= 0.3 is 5.97 Å². The Bertz CT molecular complexity index is 450. The highest BCUT2D eigenvalue weighted by Gasteiger charge is 2.26. The van der Waals surface area contributed by atoms with Crippen LogP contribution in [0.15, 0.2) is 12.4 Å². The van der Waals surface area contributed by atoms with Gasteiger partial charge < -0.3 is 16.2 Å². The number of hydrogen-bond acceptors (Lipinski definition) is 5. The van der Waals surface area contributed by atoms with Crippen LogP contribution in [0, 0.1) is 5.92 Å². The number of carbonyl (C=O) groups excluding carboxylic acids is 1. The summed E-state index contributed by atoms with van der Waals surface area (Å²) < 4.78 is 0. The highest BCUT2D eigenvalue weighted by atomic mass is 16.4. The van der Waals surface area contributed by atoms with Crippen LogP contribution in [0.1, 0.15) is 30.8 Å². The first-order valence-electron chi connectivity index (χ1n) is 5.57. The summed E-state index contributed by atoms with van der Waals surface area (Å²) in [6.07, 6.45) is 3.31. The van der Waals surface area contributed by atoms with E-state index in [0.29, 0.717) is 6.42 Å². The van der Waals surface area contributed by atoms with Crippen molar-refractivity contribution in [3.05, 3.63) is 18.1 Å². The lowest BCUT2D eigenvalue weighted by Gasteiger charge is -2.19. The molecule has 98 valence electrons. The van der Waals surface area contributed by atoms with E-state index in [1.165, 1.54) is 12.4 Å². The second-order valence-corrected chi connectivity index (χ2v) is 3.97. The van der Waals surface area contributed by atoms with E-state index >= 15 is 0 Å². The second kappa shape index (κ2) is 5.95. The number of aliphatic carboxylic acids is 1. The van der Waals surface area contributed by atoms with E-state index in [1.54, 1.807) is 6.92 Å². The van der Waals surface area contributed by atoms with E-state index in [-0.39, 0.29) is 17.4 Å². The molecule has 18 heavy (non-hydrogen) atoms. The molecule has 7 nitrogen and oxygen atoms in total. The summed E-state index contributed by atoms with van der Waals surface area (Å²) in [5, 5.41) is 11.5. The van der Waals surface area contributed by atoms with Gasteiger partial charge in [0.2, 0.25) is 0 Å².